The van der Waals surface area contributed by atoms with Crippen molar-refractivity contribution in [2.45, 2.75) is 25.4 Å². The largest absolute Gasteiger partial charge is 0.475 e. The van der Waals surface area contributed by atoms with Gasteiger partial charge in [0.05, 0.1) is 19.2 Å². The number of aromatic carboxylic acids is 1. The third-order valence-corrected chi connectivity index (χ3v) is 3.14. The maximum absolute atomic E-state index is 11.9. The molecule has 1 aliphatic rings. The molecule has 0 aliphatic carbocycles. The zero-order valence-electron chi connectivity index (χ0n) is 10.3. The highest BCUT2D eigenvalue weighted by Crippen LogP contribution is 2.16. The Balaban J connectivity index is 1.87. The molecule has 0 aromatic carbocycles. The minimum absolute atomic E-state index is 0.0443. The van der Waals surface area contributed by atoms with Gasteiger partial charge in [0, 0.05) is 6.54 Å². The van der Waals surface area contributed by atoms with Crippen molar-refractivity contribution in [2.75, 3.05) is 13.2 Å². The van der Waals surface area contributed by atoms with Gasteiger partial charge in [0.2, 0.25) is 5.76 Å². The van der Waals surface area contributed by atoms with Crippen LogP contribution in [-0.2, 0) is 6.54 Å². The lowest BCUT2D eigenvalue weighted by Gasteiger charge is -2.22. The highest BCUT2D eigenvalue weighted by molar-refractivity contribution is 5.84. The molecule has 1 unspecified atom stereocenters. The zero-order valence-corrected chi connectivity index (χ0v) is 10.3. The Morgan fingerprint density at radius 3 is 2.89 bits per heavy atom. The Morgan fingerprint density at radius 2 is 2.26 bits per heavy atom. The van der Waals surface area contributed by atoms with E-state index in [0.717, 1.165) is 12.8 Å². The van der Waals surface area contributed by atoms with E-state index in [2.05, 4.69) is 5.32 Å². The molecule has 0 radical (unpaired) electrons. The maximum Gasteiger partial charge on any atom is 0.371 e. The predicted molar refractivity (Wildman–Crippen MR) is 64.7 cm³/mol. The average molecular weight is 268 g/mol. The lowest BCUT2D eigenvalue weighted by Crippen LogP contribution is -2.43. The number of carbonyl (C=O) groups excluding carboxylic acids is 1. The number of hydrogen-bond acceptors (Lipinski definition) is 4. The molecule has 0 bridgehead atoms. The summed E-state index contributed by atoms with van der Waals surface area (Å²) in [6.07, 6.45) is 1.68. The number of aliphatic hydroxyl groups is 1. The summed E-state index contributed by atoms with van der Waals surface area (Å²) in [5.41, 5.74) is 0. The summed E-state index contributed by atoms with van der Waals surface area (Å²) in [5, 5.41) is 20.5. The molecule has 1 atom stereocenters. The number of amides is 2. The van der Waals surface area contributed by atoms with Gasteiger partial charge in [-0.25, -0.2) is 9.59 Å². The monoisotopic (exact) mass is 268 g/mol. The molecular weight excluding hydrogens is 252 g/mol. The molecule has 2 heterocycles. The van der Waals surface area contributed by atoms with Crippen LogP contribution in [-0.4, -0.2) is 46.3 Å². The SMILES string of the molecule is O=C(O)c1ccc(CNC(=O)N2CCCC2CO)o1. The van der Waals surface area contributed by atoms with E-state index >= 15 is 0 Å². The Hall–Kier alpha value is -2.02. The number of hydrogen-bond donors (Lipinski definition) is 3. The van der Waals surface area contributed by atoms with Crippen LogP contribution in [0.15, 0.2) is 16.5 Å². The predicted octanol–water partition coefficient (Wildman–Crippen LogP) is 0.644. The van der Waals surface area contributed by atoms with Gasteiger partial charge >= 0.3 is 12.0 Å². The van der Waals surface area contributed by atoms with Crippen LogP contribution in [0.5, 0.6) is 0 Å². The highest BCUT2D eigenvalue weighted by atomic mass is 16.4. The lowest BCUT2D eigenvalue weighted by atomic mass is 10.2. The third kappa shape index (κ3) is 3.05. The normalized spacial score (nSPS) is 18.6. The van der Waals surface area contributed by atoms with Crippen molar-refractivity contribution in [3.8, 4) is 0 Å². The van der Waals surface area contributed by atoms with Crippen LogP contribution in [0.1, 0.15) is 29.2 Å². The van der Waals surface area contributed by atoms with Crippen LogP contribution in [0.25, 0.3) is 0 Å². The molecular formula is C12H16N2O5. The lowest BCUT2D eigenvalue weighted by molar-refractivity contribution is 0.0660. The van der Waals surface area contributed by atoms with Crippen LogP contribution in [0, 0.1) is 0 Å². The smallest absolute Gasteiger partial charge is 0.371 e. The van der Waals surface area contributed by atoms with Crippen molar-refractivity contribution in [3.63, 3.8) is 0 Å². The summed E-state index contributed by atoms with van der Waals surface area (Å²) < 4.78 is 5.03. The van der Waals surface area contributed by atoms with E-state index in [9.17, 15) is 9.59 Å². The molecule has 2 rings (SSSR count). The first-order valence-corrected chi connectivity index (χ1v) is 6.09. The van der Waals surface area contributed by atoms with Crippen molar-refractivity contribution >= 4 is 12.0 Å². The number of likely N-dealkylation sites (tertiary alicyclic amines) is 1. The first-order chi connectivity index (χ1) is 9.11. The van der Waals surface area contributed by atoms with E-state index in [-0.39, 0.29) is 31.0 Å². The maximum atomic E-state index is 11.9. The van der Waals surface area contributed by atoms with E-state index in [0.29, 0.717) is 12.3 Å². The van der Waals surface area contributed by atoms with E-state index < -0.39 is 5.97 Å². The number of nitrogens with one attached hydrogen (secondary N) is 1. The van der Waals surface area contributed by atoms with Crippen LogP contribution >= 0.6 is 0 Å². The molecule has 2 amide bonds. The van der Waals surface area contributed by atoms with Gasteiger partial charge in [-0.2, -0.15) is 0 Å². The number of carbonyl (C=O) groups is 2. The number of urea groups is 1. The van der Waals surface area contributed by atoms with Gasteiger partial charge in [-0.15, -0.1) is 0 Å². The van der Waals surface area contributed by atoms with Crippen LogP contribution in [0.3, 0.4) is 0 Å². The van der Waals surface area contributed by atoms with Crippen LogP contribution in [0.4, 0.5) is 4.79 Å². The van der Waals surface area contributed by atoms with Crippen molar-refractivity contribution in [3.05, 3.63) is 23.7 Å². The van der Waals surface area contributed by atoms with Gasteiger partial charge in [-0.3, -0.25) is 0 Å². The van der Waals surface area contributed by atoms with E-state index in [1.807, 2.05) is 0 Å². The van der Waals surface area contributed by atoms with Crippen molar-refractivity contribution in [1.82, 2.24) is 10.2 Å². The molecule has 1 aromatic rings. The van der Waals surface area contributed by atoms with E-state index in [4.69, 9.17) is 14.6 Å². The summed E-state index contributed by atoms with van der Waals surface area (Å²) in [6.45, 7) is 0.702. The quantitative estimate of drug-likeness (QED) is 0.743. The molecule has 1 fully saturated rings. The molecule has 0 spiro atoms. The van der Waals surface area contributed by atoms with Gasteiger partial charge < -0.3 is 24.8 Å². The molecule has 1 aliphatic heterocycles. The summed E-state index contributed by atoms with van der Waals surface area (Å²) >= 11 is 0. The number of aliphatic hydroxyl groups excluding tert-OH is 1. The van der Waals surface area contributed by atoms with Gasteiger partial charge in [-0.05, 0) is 25.0 Å². The van der Waals surface area contributed by atoms with Crippen molar-refractivity contribution < 1.29 is 24.2 Å². The second-order valence-corrected chi connectivity index (χ2v) is 4.40. The first-order valence-electron chi connectivity index (χ1n) is 6.09. The molecule has 7 heteroatoms. The summed E-state index contributed by atoms with van der Waals surface area (Å²) in [5.74, 6) is -0.915. The molecule has 3 N–H and O–H groups in total. The Labute approximate surface area is 109 Å². The first kappa shape index (κ1) is 13.4. The van der Waals surface area contributed by atoms with Crippen molar-refractivity contribution in [2.24, 2.45) is 0 Å². The topological polar surface area (TPSA) is 103 Å². The molecule has 19 heavy (non-hydrogen) atoms. The molecule has 104 valence electrons. The zero-order chi connectivity index (χ0) is 13.8. The fraction of sp³-hybridized carbons (Fsp3) is 0.500. The van der Waals surface area contributed by atoms with Gasteiger partial charge in [0.25, 0.3) is 0 Å². The Bertz CT molecular complexity index is 470. The number of nitrogens with zero attached hydrogens (tertiary/aromatic N) is 1. The van der Waals surface area contributed by atoms with Crippen molar-refractivity contribution in [1.29, 1.82) is 0 Å². The van der Waals surface area contributed by atoms with Crippen LogP contribution < -0.4 is 5.32 Å². The summed E-state index contributed by atoms with van der Waals surface area (Å²) in [6, 6.07) is 2.45. The average Bonchev–Trinajstić information content (AvgIpc) is 3.04. The number of rotatable bonds is 4. The van der Waals surface area contributed by atoms with E-state index in [1.54, 1.807) is 4.90 Å². The van der Waals surface area contributed by atoms with Gasteiger partial charge in [0.15, 0.2) is 0 Å². The minimum atomic E-state index is -1.14. The van der Waals surface area contributed by atoms with E-state index in [1.165, 1.54) is 12.1 Å². The summed E-state index contributed by atoms with van der Waals surface area (Å²) in [4.78, 5) is 24.1. The van der Waals surface area contributed by atoms with Gasteiger partial charge in [-0.1, -0.05) is 0 Å². The third-order valence-electron chi connectivity index (χ3n) is 3.14. The second kappa shape index (κ2) is 5.75. The van der Waals surface area contributed by atoms with Gasteiger partial charge in [0.1, 0.15) is 5.76 Å². The fourth-order valence-corrected chi connectivity index (χ4v) is 2.15. The fourth-order valence-electron chi connectivity index (χ4n) is 2.15. The van der Waals surface area contributed by atoms with Crippen LogP contribution in [0.2, 0.25) is 0 Å². The Kier molecular flexibility index (Phi) is 4.06. The molecule has 7 nitrogen and oxygen atoms in total. The Morgan fingerprint density at radius 1 is 1.47 bits per heavy atom. The highest BCUT2D eigenvalue weighted by Gasteiger charge is 2.27. The molecule has 1 aromatic heterocycles. The standard InChI is InChI=1S/C12H16N2O5/c15-7-8-2-1-5-14(8)12(18)13-6-9-3-4-10(19-9)11(16)17/h3-4,8,15H,1-2,5-7H2,(H,13,18)(H,16,17). The minimum Gasteiger partial charge on any atom is -0.475 e. The molecule has 0 saturated carbocycles. The number of carboxylic acid groups (broad SMARTS) is 1. The number of furan rings is 1. The number of carboxylic acids is 1. The molecule has 1 saturated heterocycles. The summed E-state index contributed by atoms with van der Waals surface area (Å²) in [7, 11) is 0. The second-order valence-electron chi connectivity index (χ2n) is 4.40.